The molecule has 0 N–H and O–H groups in total. The average Bonchev–Trinajstić information content (AvgIpc) is 2.48. The van der Waals surface area contributed by atoms with E-state index in [4.69, 9.17) is 11.6 Å². The quantitative estimate of drug-likeness (QED) is 0.564. The lowest BCUT2D eigenvalue weighted by molar-refractivity contribution is 0.535. The number of hydrogen-bond donors (Lipinski definition) is 0. The van der Waals surface area contributed by atoms with Crippen LogP contribution in [0.4, 0.5) is 5.69 Å². The monoisotopic (exact) mass is 398 g/mol. The lowest BCUT2D eigenvalue weighted by Gasteiger charge is -2.35. The van der Waals surface area contributed by atoms with Crippen LogP contribution in [0, 0.1) is 5.92 Å². The minimum Gasteiger partial charge on any atom is -0.365 e. The number of hydrogen-bond acceptors (Lipinski definition) is 2. The van der Waals surface area contributed by atoms with E-state index in [1.165, 1.54) is 16.9 Å². The molecule has 0 fully saturated rings. The second kappa shape index (κ2) is 6.31. The van der Waals surface area contributed by atoms with Gasteiger partial charge in [-0.05, 0) is 24.0 Å². The Hall–Kier alpha value is -0.810. The van der Waals surface area contributed by atoms with Gasteiger partial charge in [-0.3, -0.25) is 4.98 Å². The molecule has 0 unspecified atom stereocenters. The highest BCUT2D eigenvalue weighted by atomic mass is 127. The fourth-order valence-corrected chi connectivity index (χ4v) is 3.43. The van der Waals surface area contributed by atoms with Crippen LogP contribution in [0.1, 0.15) is 11.3 Å². The lowest BCUT2D eigenvalue weighted by Crippen LogP contribution is -2.36. The summed E-state index contributed by atoms with van der Waals surface area (Å²) in [4.78, 5) is 6.94. The standard InChI is InChI=1S/C16H16ClIN2/c17-14-7-16-15(19-9-14)6-13(8-18)11-20(16)10-12-4-2-1-3-5-12/h1-5,7,9,13H,6,8,10-11H2/t13-/m0/s1. The first-order chi connectivity index (χ1) is 9.76. The van der Waals surface area contributed by atoms with Gasteiger partial charge in [0, 0.05) is 23.7 Å². The Morgan fingerprint density at radius 2 is 2.10 bits per heavy atom. The highest BCUT2D eigenvalue weighted by Crippen LogP contribution is 2.32. The molecule has 1 aliphatic heterocycles. The number of halogens is 2. The van der Waals surface area contributed by atoms with E-state index in [-0.39, 0.29) is 0 Å². The molecule has 1 aliphatic rings. The molecule has 3 rings (SSSR count). The van der Waals surface area contributed by atoms with Crippen LogP contribution in [0.15, 0.2) is 42.6 Å². The van der Waals surface area contributed by atoms with Gasteiger partial charge >= 0.3 is 0 Å². The fraction of sp³-hybridized carbons (Fsp3) is 0.312. The maximum Gasteiger partial charge on any atom is 0.0641 e. The third-order valence-corrected chi connectivity index (χ3v) is 5.10. The van der Waals surface area contributed by atoms with Gasteiger partial charge in [-0.15, -0.1) is 0 Å². The van der Waals surface area contributed by atoms with E-state index in [1.54, 1.807) is 6.20 Å². The second-order valence-electron chi connectivity index (χ2n) is 5.21. The first-order valence-corrected chi connectivity index (χ1v) is 8.66. The van der Waals surface area contributed by atoms with Crippen LogP contribution in [0.25, 0.3) is 0 Å². The Balaban J connectivity index is 1.91. The molecular formula is C16H16ClIN2. The topological polar surface area (TPSA) is 16.1 Å². The molecule has 1 aromatic heterocycles. The third-order valence-electron chi connectivity index (χ3n) is 3.65. The number of pyridine rings is 1. The van der Waals surface area contributed by atoms with Crippen molar-refractivity contribution in [1.29, 1.82) is 0 Å². The summed E-state index contributed by atoms with van der Waals surface area (Å²) in [5.74, 6) is 0.667. The zero-order valence-corrected chi connectivity index (χ0v) is 14.0. The van der Waals surface area contributed by atoms with Gasteiger partial charge in [-0.2, -0.15) is 0 Å². The van der Waals surface area contributed by atoms with Crippen LogP contribution < -0.4 is 4.90 Å². The first-order valence-electron chi connectivity index (χ1n) is 6.75. The van der Waals surface area contributed by atoms with Gasteiger partial charge in [0.15, 0.2) is 0 Å². The zero-order valence-electron chi connectivity index (χ0n) is 11.1. The van der Waals surface area contributed by atoms with E-state index in [1.807, 2.05) is 0 Å². The van der Waals surface area contributed by atoms with E-state index < -0.39 is 0 Å². The predicted molar refractivity (Wildman–Crippen MR) is 92.8 cm³/mol. The van der Waals surface area contributed by atoms with E-state index >= 15 is 0 Å². The van der Waals surface area contributed by atoms with E-state index in [2.05, 4.69) is 68.9 Å². The van der Waals surface area contributed by atoms with Crippen molar-refractivity contribution < 1.29 is 0 Å². The minimum absolute atomic E-state index is 0.667. The van der Waals surface area contributed by atoms with Gasteiger partial charge in [0.25, 0.3) is 0 Å². The van der Waals surface area contributed by atoms with E-state index in [9.17, 15) is 0 Å². The average molecular weight is 399 g/mol. The summed E-state index contributed by atoms with van der Waals surface area (Å²) in [6.07, 6.45) is 2.82. The number of benzene rings is 1. The summed E-state index contributed by atoms with van der Waals surface area (Å²) in [6.45, 7) is 2.00. The van der Waals surface area contributed by atoms with Crippen molar-refractivity contribution >= 4 is 39.9 Å². The highest BCUT2D eigenvalue weighted by Gasteiger charge is 2.25. The van der Waals surface area contributed by atoms with Crippen molar-refractivity contribution in [3.05, 3.63) is 58.9 Å². The Bertz CT molecular complexity index is 588. The lowest BCUT2D eigenvalue weighted by atomic mass is 9.97. The third kappa shape index (κ3) is 3.09. The number of nitrogens with zero attached hydrogens (tertiary/aromatic N) is 2. The smallest absolute Gasteiger partial charge is 0.0641 e. The molecule has 4 heteroatoms. The first kappa shape index (κ1) is 14.1. The van der Waals surface area contributed by atoms with Crippen LogP contribution in [0.2, 0.25) is 5.02 Å². The summed E-state index contributed by atoms with van der Waals surface area (Å²) < 4.78 is 1.16. The Morgan fingerprint density at radius 3 is 2.85 bits per heavy atom. The molecule has 0 amide bonds. The van der Waals surface area contributed by atoms with Crippen LogP contribution in [0.3, 0.4) is 0 Å². The molecule has 0 spiro atoms. The Morgan fingerprint density at radius 1 is 1.30 bits per heavy atom. The molecule has 0 saturated heterocycles. The SMILES string of the molecule is Clc1cnc2c(c1)N(Cc1ccccc1)C[C@H](CI)C2. The largest absolute Gasteiger partial charge is 0.365 e. The van der Waals surface area contributed by atoms with Crippen molar-refractivity contribution in [3.63, 3.8) is 0 Å². The molecule has 2 heterocycles. The van der Waals surface area contributed by atoms with Crippen molar-refractivity contribution in [1.82, 2.24) is 4.98 Å². The van der Waals surface area contributed by atoms with Crippen molar-refractivity contribution in [2.75, 3.05) is 15.9 Å². The fourth-order valence-electron chi connectivity index (χ4n) is 2.69. The molecule has 0 bridgehead atoms. The Kier molecular flexibility index (Phi) is 4.46. The van der Waals surface area contributed by atoms with Gasteiger partial charge in [0.05, 0.1) is 16.4 Å². The summed E-state index contributed by atoms with van der Waals surface area (Å²) >= 11 is 8.60. The number of anilines is 1. The van der Waals surface area contributed by atoms with Gasteiger partial charge in [0.2, 0.25) is 0 Å². The van der Waals surface area contributed by atoms with E-state index in [0.29, 0.717) is 5.92 Å². The summed E-state index contributed by atoms with van der Waals surface area (Å²) in [6, 6.07) is 12.6. The summed E-state index contributed by atoms with van der Waals surface area (Å²) in [7, 11) is 0. The summed E-state index contributed by atoms with van der Waals surface area (Å²) in [5.41, 5.74) is 3.70. The van der Waals surface area contributed by atoms with Gasteiger partial charge in [0.1, 0.15) is 0 Å². The zero-order chi connectivity index (χ0) is 13.9. The van der Waals surface area contributed by atoms with E-state index in [0.717, 1.165) is 29.0 Å². The van der Waals surface area contributed by atoms with Crippen LogP contribution >= 0.6 is 34.2 Å². The predicted octanol–water partition coefficient (Wildman–Crippen LogP) is 4.35. The van der Waals surface area contributed by atoms with Crippen molar-refractivity contribution in [2.24, 2.45) is 5.92 Å². The van der Waals surface area contributed by atoms with Crippen LogP contribution in [0.5, 0.6) is 0 Å². The molecule has 0 radical (unpaired) electrons. The highest BCUT2D eigenvalue weighted by molar-refractivity contribution is 14.1. The van der Waals surface area contributed by atoms with Gasteiger partial charge in [-0.1, -0.05) is 64.5 Å². The maximum absolute atomic E-state index is 6.12. The molecule has 1 atom stereocenters. The van der Waals surface area contributed by atoms with Crippen LogP contribution in [-0.4, -0.2) is 16.0 Å². The van der Waals surface area contributed by atoms with Crippen molar-refractivity contribution in [2.45, 2.75) is 13.0 Å². The van der Waals surface area contributed by atoms with Gasteiger partial charge in [-0.25, -0.2) is 0 Å². The van der Waals surface area contributed by atoms with Gasteiger partial charge < -0.3 is 4.90 Å². The number of fused-ring (bicyclic) bond motifs is 1. The molecule has 0 saturated carbocycles. The molecule has 1 aromatic carbocycles. The maximum atomic E-state index is 6.12. The normalized spacial score (nSPS) is 17.9. The molecular weight excluding hydrogens is 383 g/mol. The minimum atomic E-state index is 0.667. The summed E-state index contributed by atoms with van der Waals surface area (Å²) in [5, 5.41) is 0.717. The second-order valence-corrected chi connectivity index (χ2v) is 6.53. The number of alkyl halides is 1. The number of aromatic nitrogens is 1. The Labute approximate surface area is 138 Å². The van der Waals surface area contributed by atoms with Crippen LogP contribution in [-0.2, 0) is 13.0 Å². The molecule has 2 nitrogen and oxygen atoms in total. The number of rotatable bonds is 3. The molecule has 2 aromatic rings. The van der Waals surface area contributed by atoms with Crippen molar-refractivity contribution in [3.8, 4) is 0 Å². The molecule has 20 heavy (non-hydrogen) atoms. The molecule has 0 aliphatic carbocycles. The molecule has 104 valence electrons.